The van der Waals surface area contributed by atoms with Crippen LogP contribution in [0, 0.1) is 0 Å². The molecule has 0 unspecified atom stereocenters. The number of aliphatic imine (C=N–C) groups is 1. The fraction of sp³-hybridized carbons (Fsp3) is 0.308. The first-order valence-electron chi connectivity index (χ1n) is 5.09. The van der Waals surface area contributed by atoms with Gasteiger partial charge >= 0.3 is 0 Å². The predicted molar refractivity (Wildman–Crippen MR) is 65.6 cm³/mol. The van der Waals surface area contributed by atoms with Crippen LogP contribution in [-0.2, 0) is 0 Å². The molecule has 0 saturated carbocycles. The molecule has 76 valence electrons. The van der Waals surface area contributed by atoms with Crippen molar-refractivity contribution >= 4 is 11.9 Å². The number of hydrogen-bond acceptors (Lipinski definition) is 1. The normalized spacial score (nSPS) is 11.0. The predicted octanol–water partition coefficient (Wildman–Crippen LogP) is 4.16. The van der Waals surface area contributed by atoms with E-state index in [1.165, 1.54) is 0 Å². The highest BCUT2D eigenvalue weighted by atomic mass is 14.7. The maximum Gasteiger partial charge on any atom is 0.0655 e. The summed E-state index contributed by atoms with van der Waals surface area (Å²) in [5.41, 5.74) is 2.19. The summed E-state index contributed by atoms with van der Waals surface area (Å²) in [6.07, 6.45) is 3.82. The highest BCUT2D eigenvalue weighted by Gasteiger charge is 1.93. The Morgan fingerprint density at radius 2 is 1.64 bits per heavy atom. The second kappa shape index (κ2) is 8.24. The molecule has 0 amide bonds. The van der Waals surface area contributed by atoms with Gasteiger partial charge in [-0.3, -0.25) is 4.99 Å². The number of rotatable bonds is 2. The van der Waals surface area contributed by atoms with E-state index in [2.05, 4.69) is 17.1 Å². The molecule has 14 heavy (non-hydrogen) atoms. The summed E-state index contributed by atoms with van der Waals surface area (Å²) >= 11 is 0. The average molecular weight is 189 g/mol. The molecule has 1 heteroatoms. The molecule has 1 rings (SSSR count). The van der Waals surface area contributed by atoms with Crippen LogP contribution in [0.2, 0.25) is 0 Å². The van der Waals surface area contributed by atoms with Crippen LogP contribution >= 0.6 is 0 Å². The standard InChI is InChI=1S/C11H13N.C2H6/c1-3-11(12-4-2)10-8-6-5-7-9-10;1-2/h3-9H,1-2H3;1-2H3/b11-3-,12-4?;. The molecule has 1 aromatic carbocycles. The van der Waals surface area contributed by atoms with E-state index in [1.54, 1.807) is 0 Å². The Labute approximate surface area is 87.2 Å². The quantitative estimate of drug-likeness (QED) is 0.619. The van der Waals surface area contributed by atoms with Crippen LogP contribution in [-0.4, -0.2) is 6.21 Å². The van der Waals surface area contributed by atoms with E-state index in [1.807, 2.05) is 58.2 Å². The van der Waals surface area contributed by atoms with Gasteiger partial charge in [0.15, 0.2) is 0 Å². The Bertz CT molecular complexity index is 283. The molecule has 0 radical (unpaired) electrons. The van der Waals surface area contributed by atoms with Gasteiger partial charge in [0, 0.05) is 6.21 Å². The van der Waals surface area contributed by atoms with Gasteiger partial charge in [0.1, 0.15) is 0 Å². The molecule has 0 saturated heterocycles. The van der Waals surface area contributed by atoms with Crippen LogP contribution in [0.4, 0.5) is 0 Å². The summed E-state index contributed by atoms with van der Waals surface area (Å²) in [7, 11) is 0. The van der Waals surface area contributed by atoms with Crippen LogP contribution in [0.1, 0.15) is 33.3 Å². The number of hydrogen-bond donors (Lipinski definition) is 0. The molecule has 0 atom stereocenters. The van der Waals surface area contributed by atoms with Crippen LogP contribution < -0.4 is 0 Å². The summed E-state index contributed by atoms with van der Waals surface area (Å²) < 4.78 is 0. The van der Waals surface area contributed by atoms with Crippen LogP contribution in [0.25, 0.3) is 5.70 Å². The lowest BCUT2D eigenvalue weighted by Gasteiger charge is -1.98. The van der Waals surface area contributed by atoms with E-state index in [0.29, 0.717) is 0 Å². The zero-order chi connectivity index (χ0) is 10.8. The van der Waals surface area contributed by atoms with Crippen molar-refractivity contribution in [2.45, 2.75) is 27.7 Å². The summed E-state index contributed by atoms with van der Waals surface area (Å²) in [5, 5.41) is 0. The summed E-state index contributed by atoms with van der Waals surface area (Å²) in [6, 6.07) is 10.2. The topological polar surface area (TPSA) is 12.4 Å². The van der Waals surface area contributed by atoms with E-state index in [0.717, 1.165) is 11.3 Å². The Hall–Kier alpha value is -1.37. The van der Waals surface area contributed by atoms with E-state index in [4.69, 9.17) is 0 Å². The molecule has 0 aliphatic heterocycles. The zero-order valence-corrected chi connectivity index (χ0v) is 9.49. The van der Waals surface area contributed by atoms with E-state index < -0.39 is 0 Å². The minimum atomic E-state index is 1.03. The van der Waals surface area contributed by atoms with Gasteiger partial charge in [0.05, 0.1) is 5.70 Å². The Morgan fingerprint density at radius 1 is 1.07 bits per heavy atom. The lowest BCUT2D eigenvalue weighted by Crippen LogP contribution is -1.79. The second-order valence-corrected chi connectivity index (χ2v) is 2.43. The van der Waals surface area contributed by atoms with Crippen molar-refractivity contribution in [3.05, 3.63) is 42.0 Å². The minimum absolute atomic E-state index is 1.03. The van der Waals surface area contributed by atoms with Crippen molar-refractivity contribution in [1.29, 1.82) is 0 Å². The molecule has 0 spiro atoms. The van der Waals surface area contributed by atoms with Crippen molar-refractivity contribution < 1.29 is 0 Å². The Morgan fingerprint density at radius 3 is 2.07 bits per heavy atom. The molecule has 0 aliphatic carbocycles. The van der Waals surface area contributed by atoms with Gasteiger partial charge in [0.25, 0.3) is 0 Å². The van der Waals surface area contributed by atoms with Gasteiger partial charge in [-0.25, -0.2) is 0 Å². The van der Waals surface area contributed by atoms with Crippen LogP contribution in [0.3, 0.4) is 0 Å². The van der Waals surface area contributed by atoms with Gasteiger partial charge in [-0.1, -0.05) is 50.3 Å². The SMILES string of the molecule is CC.CC=N/C(=C\C)c1ccccc1. The van der Waals surface area contributed by atoms with E-state index in [9.17, 15) is 0 Å². The molecule has 0 fully saturated rings. The highest BCUT2D eigenvalue weighted by Crippen LogP contribution is 2.13. The molecular weight excluding hydrogens is 170 g/mol. The lowest BCUT2D eigenvalue weighted by atomic mass is 10.1. The van der Waals surface area contributed by atoms with Crippen molar-refractivity contribution in [2.75, 3.05) is 0 Å². The number of allylic oxidation sites excluding steroid dienone is 1. The van der Waals surface area contributed by atoms with Gasteiger partial charge in [-0.05, 0) is 19.4 Å². The summed E-state index contributed by atoms with van der Waals surface area (Å²) in [6.45, 7) is 7.92. The Balaban J connectivity index is 0.000000791. The molecule has 0 aromatic heterocycles. The van der Waals surface area contributed by atoms with E-state index >= 15 is 0 Å². The molecule has 0 heterocycles. The highest BCUT2D eigenvalue weighted by molar-refractivity contribution is 5.72. The van der Waals surface area contributed by atoms with Crippen molar-refractivity contribution in [3.8, 4) is 0 Å². The smallest absolute Gasteiger partial charge is 0.0655 e. The molecule has 0 bridgehead atoms. The fourth-order valence-corrected chi connectivity index (χ4v) is 1.06. The maximum absolute atomic E-state index is 4.25. The molecule has 0 aliphatic rings. The molecule has 0 N–H and O–H groups in total. The second-order valence-electron chi connectivity index (χ2n) is 2.43. The summed E-state index contributed by atoms with van der Waals surface area (Å²) in [5.74, 6) is 0. The summed E-state index contributed by atoms with van der Waals surface area (Å²) in [4.78, 5) is 4.25. The lowest BCUT2D eigenvalue weighted by molar-refractivity contribution is 1.48. The van der Waals surface area contributed by atoms with Gasteiger partial charge in [-0.2, -0.15) is 0 Å². The molecule has 1 aromatic rings. The van der Waals surface area contributed by atoms with Gasteiger partial charge < -0.3 is 0 Å². The monoisotopic (exact) mass is 189 g/mol. The first kappa shape index (κ1) is 12.6. The number of benzene rings is 1. The van der Waals surface area contributed by atoms with E-state index in [-0.39, 0.29) is 0 Å². The van der Waals surface area contributed by atoms with Crippen molar-refractivity contribution in [3.63, 3.8) is 0 Å². The maximum atomic E-state index is 4.25. The Kier molecular flexibility index (Phi) is 7.43. The minimum Gasteiger partial charge on any atom is -0.261 e. The number of nitrogens with zero attached hydrogens (tertiary/aromatic N) is 1. The van der Waals surface area contributed by atoms with Gasteiger partial charge in [0.2, 0.25) is 0 Å². The van der Waals surface area contributed by atoms with Crippen LogP contribution in [0.5, 0.6) is 0 Å². The fourth-order valence-electron chi connectivity index (χ4n) is 1.06. The van der Waals surface area contributed by atoms with Crippen LogP contribution in [0.15, 0.2) is 41.4 Å². The largest absolute Gasteiger partial charge is 0.261 e. The zero-order valence-electron chi connectivity index (χ0n) is 9.49. The van der Waals surface area contributed by atoms with Crippen molar-refractivity contribution in [1.82, 2.24) is 0 Å². The molecular formula is C13H19N. The van der Waals surface area contributed by atoms with Crippen molar-refractivity contribution in [2.24, 2.45) is 4.99 Å². The third kappa shape index (κ3) is 4.04. The third-order valence-corrected chi connectivity index (χ3v) is 1.61. The average Bonchev–Trinajstić information content (AvgIpc) is 2.30. The molecule has 1 nitrogen and oxygen atoms in total. The first-order chi connectivity index (χ1) is 6.88. The first-order valence-corrected chi connectivity index (χ1v) is 5.09. The third-order valence-electron chi connectivity index (χ3n) is 1.61. The van der Waals surface area contributed by atoms with Gasteiger partial charge in [-0.15, -0.1) is 0 Å².